The zero-order valence-corrected chi connectivity index (χ0v) is 9.94. The van der Waals surface area contributed by atoms with Crippen LogP contribution in [0.1, 0.15) is 31.2 Å². The second kappa shape index (κ2) is 4.00. The summed E-state index contributed by atoms with van der Waals surface area (Å²) in [6.45, 7) is 6.35. The maximum atomic E-state index is 5.75. The van der Waals surface area contributed by atoms with Gasteiger partial charge in [-0.15, -0.1) is 0 Å². The van der Waals surface area contributed by atoms with Gasteiger partial charge in [-0.3, -0.25) is 0 Å². The van der Waals surface area contributed by atoms with Crippen LogP contribution in [0.2, 0.25) is 0 Å². The summed E-state index contributed by atoms with van der Waals surface area (Å²) in [6.07, 6.45) is 3.83. The van der Waals surface area contributed by atoms with Gasteiger partial charge in [0.1, 0.15) is 5.82 Å². The van der Waals surface area contributed by atoms with Gasteiger partial charge in [0.25, 0.3) is 0 Å². The Balaban J connectivity index is 2.54. The molecule has 3 nitrogen and oxygen atoms in total. The van der Waals surface area contributed by atoms with E-state index in [9.17, 15) is 0 Å². The van der Waals surface area contributed by atoms with Gasteiger partial charge in [0.15, 0.2) is 0 Å². The molecule has 0 aliphatic rings. The number of hydrogen-bond donors (Lipinski definition) is 1. The van der Waals surface area contributed by atoms with Crippen molar-refractivity contribution in [3.63, 3.8) is 0 Å². The van der Waals surface area contributed by atoms with Gasteiger partial charge in [0.05, 0.1) is 0 Å². The van der Waals surface area contributed by atoms with E-state index in [0.29, 0.717) is 5.92 Å². The molecule has 0 aliphatic carbocycles. The molecule has 0 saturated heterocycles. The zero-order valence-electron chi connectivity index (χ0n) is 9.94. The van der Waals surface area contributed by atoms with Gasteiger partial charge in [-0.25, -0.2) is 4.98 Å². The van der Waals surface area contributed by atoms with Crippen molar-refractivity contribution in [1.82, 2.24) is 9.55 Å². The van der Waals surface area contributed by atoms with Crippen molar-refractivity contribution >= 4 is 5.69 Å². The molecule has 1 aromatic heterocycles. The predicted octanol–water partition coefficient (Wildman–Crippen LogP) is 2.89. The first-order valence-electron chi connectivity index (χ1n) is 5.49. The molecule has 0 radical (unpaired) electrons. The third-order valence-corrected chi connectivity index (χ3v) is 2.67. The van der Waals surface area contributed by atoms with E-state index in [1.165, 1.54) is 5.56 Å². The van der Waals surface area contributed by atoms with Gasteiger partial charge in [-0.1, -0.05) is 13.8 Å². The molecule has 2 aromatic rings. The zero-order chi connectivity index (χ0) is 11.7. The van der Waals surface area contributed by atoms with E-state index in [2.05, 4.69) is 30.3 Å². The third-order valence-electron chi connectivity index (χ3n) is 2.67. The Morgan fingerprint density at radius 1 is 1.31 bits per heavy atom. The number of hydrogen-bond acceptors (Lipinski definition) is 2. The Kier molecular flexibility index (Phi) is 2.69. The van der Waals surface area contributed by atoms with E-state index in [1.807, 2.05) is 30.6 Å². The highest BCUT2D eigenvalue weighted by Gasteiger charge is 2.10. The summed E-state index contributed by atoms with van der Waals surface area (Å²) in [5.41, 5.74) is 8.87. The van der Waals surface area contributed by atoms with Gasteiger partial charge in [-0.05, 0) is 30.7 Å². The molecule has 0 amide bonds. The first-order chi connectivity index (χ1) is 7.59. The van der Waals surface area contributed by atoms with Crippen LogP contribution in [0.5, 0.6) is 0 Å². The maximum Gasteiger partial charge on any atom is 0.115 e. The van der Waals surface area contributed by atoms with E-state index < -0.39 is 0 Å². The largest absolute Gasteiger partial charge is 0.399 e. The molecule has 0 spiro atoms. The van der Waals surface area contributed by atoms with Crippen molar-refractivity contribution in [3.05, 3.63) is 42.0 Å². The fraction of sp³-hybridized carbons (Fsp3) is 0.308. The van der Waals surface area contributed by atoms with Crippen LogP contribution in [0.4, 0.5) is 5.69 Å². The average Bonchev–Trinajstić information content (AvgIpc) is 2.66. The fourth-order valence-corrected chi connectivity index (χ4v) is 1.89. The number of imidazole rings is 1. The third kappa shape index (κ3) is 1.81. The summed E-state index contributed by atoms with van der Waals surface area (Å²) in [6, 6.07) is 5.95. The molecular weight excluding hydrogens is 198 g/mol. The van der Waals surface area contributed by atoms with Crippen molar-refractivity contribution in [3.8, 4) is 5.69 Å². The van der Waals surface area contributed by atoms with E-state index in [0.717, 1.165) is 17.2 Å². The minimum Gasteiger partial charge on any atom is -0.399 e. The summed E-state index contributed by atoms with van der Waals surface area (Å²) in [4.78, 5) is 4.39. The average molecular weight is 215 g/mol. The Morgan fingerprint density at radius 2 is 2.06 bits per heavy atom. The summed E-state index contributed by atoms with van der Waals surface area (Å²) < 4.78 is 2.12. The number of nitrogens with two attached hydrogens (primary N) is 1. The molecule has 0 saturated carbocycles. The minimum atomic E-state index is 0.409. The minimum absolute atomic E-state index is 0.409. The van der Waals surface area contributed by atoms with E-state index in [1.54, 1.807) is 0 Å². The molecule has 0 bridgehead atoms. The molecule has 1 heterocycles. The lowest BCUT2D eigenvalue weighted by atomic mass is 10.1. The first kappa shape index (κ1) is 10.7. The lowest BCUT2D eigenvalue weighted by molar-refractivity contribution is 0.750. The molecule has 84 valence electrons. The molecule has 1 aromatic carbocycles. The first-order valence-corrected chi connectivity index (χ1v) is 5.49. The van der Waals surface area contributed by atoms with E-state index in [4.69, 9.17) is 5.73 Å². The standard InChI is InChI=1S/C13H17N3/c1-9(2)13-15-6-7-16(13)12-5-4-11(14)8-10(12)3/h4-9H,14H2,1-3H3. The number of anilines is 1. The SMILES string of the molecule is Cc1cc(N)ccc1-n1ccnc1C(C)C. The van der Waals surface area contributed by atoms with Crippen LogP contribution in [0, 0.1) is 6.92 Å². The Morgan fingerprint density at radius 3 is 2.69 bits per heavy atom. The lowest BCUT2D eigenvalue weighted by Gasteiger charge is -2.13. The van der Waals surface area contributed by atoms with Crippen LogP contribution in [0.15, 0.2) is 30.6 Å². The molecule has 2 rings (SSSR count). The number of aryl methyl sites for hydroxylation is 1. The normalized spacial score (nSPS) is 11.0. The quantitative estimate of drug-likeness (QED) is 0.783. The molecule has 0 atom stereocenters. The topological polar surface area (TPSA) is 43.8 Å². The van der Waals surface area contributed by atoms with Gasteiger partial charge in [0, 0.05) is 29.7 Å². The number of rotatable bonds is 2. The summed E-state index contributed by atoms with van der Waals surface area (Å²) >= 11 is 0. The summed E-state index contributed by atoms with van der Waals surface area (Å²) in [7, 11) is 0. The summed E-state index contributed by atoms with van der Waals surface area (Å²) in [5.74, 6) is 1.49. The van der Waals surface area contributed by atoms with Crippen molar-refractivity contribution in [2.45, 2.75) is 26.7 Å². The van der Waals surface area contributed by atoms with Crippen LogP contribution in [0.3, 0.4) is 0 Å². The molecule has 2 N–H and O–H groups in total. The smallest absolute Gasteiger partial charge is 0.115 e. The van der Waals surface area contributed by atoms with Crippen molar-refractivity contribution in [1.29, 1.82) is 0 Å². The highest BCUT2D eigenvalue weighted by Crippen LogP contribution is 2.21. The van der Waals surface area contributed by atoms with Gasteiger partial charge >= 0.3 is 0 Å². The van der Waals surface area contributed by atoms with E-state index >= 15 is 0 Å². The van der Waals surface area contributed by atoms with Gasteiger partial charge < -0.3 is 10.3 Å². The molecule has 16 heavy (non-hydrogen) atoms. The molecule has 0 unspecified atom stereocenters. The number of nitrogens with zero attached hydrogens (tertiary/aromatic N) is 2. The second-order valence-corrected chi connectivity index (χ2v) is 4.36. The van der Waals surface area contributed by atoms with Crippen LogP contribution in [-0.4, -0.2) is 9.55 Å². The van der Waals surface area contributed by atoms with E-state index in [-0.39, 0.29) is 0 Å². The number of aromatic nitrogens is 2. The van der Waals surface area contributed by atoms with Crippen LogP contribution < -0.4 is 5.73 Å². The monoisotopic (exact) mass is 215 g/mol. The lowest BCUT2D eigenvalue weighted by Crippen LogP contribution is -2.04. The van der Waals surface area contributed by atoms with Gasteiger partial charge in [-0.2, -0.15) is 0 Å². The molecule has 3 heteroatoms. The highest BCUT2D eigenvalue weighted by atomic mass is 15.1. The van der Waals surface area contributed by atoms with Gasteiger partial charge in [0.2, 0.25) is 0 Å². The highest BCUT2D eigenvalue weighted by molar-refractivity contribution is 5.51. The van der Waals surface area contributed by atoms with Crippen molar-refractivity contribution in [2.24, 2.45) is 0 Å². The second-order valence-electron chi connectivity index (χ2n) is 4.36. The van der Waals surface area contributed by atoms with Crippen molar-refractivity contribution < 1.29 is 0 Å². The molecule has 0 fully saturated rings. The molecular formula is C13H17N3. The van der Waals surface area contributed by atoms with Crippen LogP contribution in [0.25, 0.3) is 5.69 Å². The van der Waals surface area contributed by atoms with Crippen LogP contribution in [-0.2, 0) is 0 Å². The molecule has 0 aliphatic heterocycles. The Hall–Kier alpha value is -1.77. The Labute approximate surface area is 95.9 Å². The number of benzene rings is 1. The number of nitrogen functional groups attached to an aromatic ring is 1. The Bertz CT molecular complexity index is 498. The maximum absolute atomic E-state index is 5.75. The van der Waals surface area contributed by atoms with Crippen molar-refractivity contribution in [2.75, 3.05) is 5.73 Å². The predicted molar refractivity (Wildman–Crippen MR) is 66.8 cm³/mol. The fourth-order valence-electron chi connectivity index (χ4n) is 1.89. The summed E-state index contributed by atoms with van der Waals surface area (Å²) in [5, 5.41) is 0. The van der Waals surface area contributed by atoms with Crippen LogP contribution >= 0.6 is 0 Å².